The highest BCUT2D eigenvalue weighted by molar-refractivity contribution is 6.18. The van der Waals surface area contributed by atoms with Crippen molar-refractivity contribution >= 4 is 23.0 Å². The van der Waals surface area contributed by atoms with E-state index >= 15 is 0 Å². The van der Waals surface area contributed by atoms with Gasteiger partial charge in [-0.15, -0.1) is 11.6 Å². The third-order valence-corrected chi connectivity index (χ3v) is 2.80. The molecule has 0 spiro atoms. The summed E-state index contributed by atoms with van der Waals surface area (Å²) in [6.45, 7) is 2.51. The average Bonchev–Trinajstić information content (AvgIpc) is 2.27. The largest absolute Gasteiger partial charge is 0.390 e. The Morgan fingerprint density at radius 1 is 1.44 bits per heavy atom. The lowest BCUT2D eigenvalue weighted by molar-refractivity contribution is 0.211. The summed E-state index contributed by atoms with van der Waals surface area (Å²) in [4.78, 5) is 2.04. The molecule has 0 saturated heterocycles. The molecule has 0 amide bonds. The minimum atomic E-state index is -0.510. The van der Waals surface area contributed by atoms with Crippen molar-refractivity contribution < 1.29 is 5.11 Å². The zero-order chi connectivity index (χ0) is 12.1. The second-order valence-corrected chi connectivity index (χ2v) is 4.39. The lowest BCUT2D eigenvalue weighted by atomic mass is 10.1. The quantitative estimate of drug-likeness (QED) is 0.776. The Bertz CT molecular complexity index is 342. The van der Waals surface area contributed by atoms with E-state index in [0.29, 0.717) is 6.54 Å². The number of rotatable bonds is 5. The molecule has 0 aliphatic carbocycles. The molecule has 0 fully saturated rings. The minimum Gasteiger partial charge on any atom is -0.390 e. The van der Waals surface area contributed by atoms with Crippen molar-refractivity contribution in [3.8, 4) is 0 Å². The second-order valence-electron chi connectivity index (χ2n) is 4.08. The van der Waals surface area contributed by atoms with Crippen LogP contribution in [0.4, 0.5) is 11.4 Å². The fraction of sp³-hybridized carbons (Fsp3) is 0.500. The number of aliphatic hydroxyl groups excluding tert-OH is 1. The van der Waals surface area contributed by atoms with Crippen molar-refractivity contribution in [2.24, 2.45) is 0 Å². The molecular weight excluding hydrogens is 224 g/mol. The molecule has 4 heteroatoms. The SMILES string of the molecule is Cc1ccc(N(C)C)cc1NCC(O)CCl. The zero-order valence-electron chi connectivity index (χ0n) is 10.00. The summed E-state index contributed by atoms with van der Waals surface area (Å²) in [6.07, 6.45) is -0.510. The summed E-state index contributed by atoms with van der Waals surface area (Å²) in [5.74, 6) is 0.249. The van der Waals surface area contributed by atoms with Crippen molar-refractivity contribution in [2.75, 3.05) is 36.7 Å². The number of hydrogen-bond donors (Lipinski definition) is 2. The van der Waals surface area contributed by atoms with Gasteiger partial charge in [-0.2, -0.15) is 0 Å². The van der Waals surface area contributed by atoms with Crippen LogP contribution in [-0.2, 0) is 0 Å². The minimum absolute atomic E-state index is 0.249. The van der Waals surface area contributed by atoms with Crippen LogP contribution in [0.15, 0.2) is 18.2 Å². The molecule has 90 valence electrons. The molecule has 0 radical (unpaired) electrons. The Labute approximate surface area is 102 Å². The molecule has 0 bridgehead atoms. The van der Waals surface area contributed by atoms with Gasteiger partial charge in [-0.25, -0.2) is 0 Å². The van der Waals surface area contributed by atoms with Crippen molar-refractivity contribution in [3.63, 3.8) is 0 Å². The standard InChI is InChI=1S/C12H19ClN2O/c1-9-4-5-10(15(2)3)6-12(9)14-8-11(16)7-13/h4-6,11,14,16H,7-8H2,1-3H3. The summed E-state index contributed by atoms with van der Waals surface area (Å²) in [6, 6.07) is 6.19. The molecule has 2 N–H and O–H groups in total. The molecule has 1 rings (SSSR count). The zero-order valence-corrected chi connectivity index (χ0v) is 10.8. The lowest BCUT2D eigenvalue weighted by Crippen LogP contribution is -2.21. The molecular formula is C12H19ClN2O. The van der Waals surface area contributed by atoms with Gasteiger partial charge < -0.3 is 15.3 Å². The first-order chi connectivity index (χ1) is 7.54. The molecule has 0 saturated carbocycles. The van der Waals surface area contributed by atoms with Crippen molar-refractivity contribution in [1.29, 1.82) is 0 Å². The van der Waals surface area contributed by atoms with E-state index in [0.717, 1.165) is 16.9 Å². The summed E-state index contributed by atoms with van der Waals surface area (Å²) >= 11 is 5.54. The first-order valence-electron chi connectivity index (χ1n) is 5.30. The van der Waals surface area contributed by atoms with Crippen LogP contribution in [0, 0.1) is 6.92 Å². The van der Waals surface area contributed by atoms with Crippen LogP contribution in [-0.4, -0.2) is 37.7 Å². The third-order valence-electron chi connectivity index (χ3n) is 2.44. The van der Waals surface area contributed by atoms with Crippen LogP contribution in [0.1, 0.15) is 5.56 Å². The Balaban J connectivity index is 2.74. The van der Waals surface area contributed by atoms with Crippen LogP contribution in [0.3, 0.4) is 0 Å². The second kappa shape index (κ2) is 5.97. The fourth-order valence-corrected chi connectivity index (χ4v) is 1.47. The van der Waals surface area contributed by atoms with Gasteiger partial charge in [0.2, 0.25) is 0 Å². The van der Waals surface area contributed by atoms with E-state index in [-0.39, 0.29) is 5.88 Å². The highest BCUT2D eigenvalue weighted by Crippen LogP contribution is 2.21. The Hall–Kier alpha value is -0.930. The molecule has 3 nitrogen and oxygen atoms in total. The molecule has 0 aromatic heterocycles. The van der Waals surface area contributed by atoms with Gasteiger partial charge in [-0.1, -0.05) is 6.07 Å². The van der Waals surface area contributed by atoms with Gasteiger partial charge in [-0.3, -0.25) is 0 Å². The highest BCUT2D eigenvalue weighted by Gasteiger charge is 2.05. The molecule has 0 aliphatic rings. The number of aryl methyl sites for hydroxylation is 1. The van der Waals surface area contributed by atoms with Crippen LogP contribution in [0.5, 0.6) is 0 Å². The Morgan fingerprint density at radius 2 is 2.12 bits per heavy atom. The smallest absolute Gasteiger partial charge is 0.0847 e. The van der Waals surface area contributed by atoms with E-state index in [1.807, 2.05) is 25.9 Å². The van der Waals surface area contributed by atoms with Crippen LogP contribution >= 0.6 is 11.6 Å². The maximum absolute atomic E-state index is 9.38. The predicted octanol–water partition coefficient (Wildman–Crippen LogP) is 2.07. The Morgan fingerprint density at radius 3 is 2.69 bits per heavy atom. The van der Waals surface area contributed by atoms with Crippen molar-refractivity contribution in [2.45, 2.75) is 13.0 Å². The molecule has 1 aromatic carbocycles. The number of anilines is 2. The van der Waals surface area contributed by atoms with Gasteiger partial charge in [0, 0.05) is 32.0 Å². The normalized spacial score (nSPS) is 12.3. The Kier molecular flexibility index (Phi) is 4.90. The van der Waals surface area contributed by atoms with E-state index < -0.39 is 6.10 Å². The number of halogens is 1. The molecule has 0 aliphatic heterocycles. The summed E-state index contributed by atoms with van der Waals surface area (Å²) in [5.41, 5.74) is 3.33. The van der Waals surface area contributed by atoms with E-state index in [2.05, 4.69) is 23.5 Å². The van der Waals surface area contributed by atoms with Crippen molar-refractivity contribution in [1.82, 2.24) is 0 Å². The lowest BCUT2D eigenvalue weighted by Gasteiger charge is -2.17. The van der Waals surface area contributed by atoms with Gasteiger partial charge in [-0.05, 0) is 24.6 Å². The van der Waals surface area contributed by atoms with Crippen LogP contribution in [0.25, 0.3) is 0 Å². The molecule has 0 heterocycles. The van der Waals surface area contributed by atoms with Crippen molar-refractivity contribution in [3.05, 3.63) is 23.8 Å². The first kappa shape index (κ1) is 13.1. The van der Waals surface area contributed by atoms with Crippen LogP contribution in [0.2, 0.25) is 0 Å². The summed E-state index contributed by atoms with van der Waals surface area (Å²) < 4.78 is 0. The number of aliphatic hydroxyl groups is 1. The third kappa shape index (κ3) is 3.58. The predicted molar refractivity (Wildman–Crippen MR) is 70.7 cm³/mol. The van der Waals surface area contributed by atoms with E-state index in [1.165, 1.54) is 0 Å². The van der Waals surface area contributed by atoms with Crippen LogP contribution < -0.4 is 10.2 Å². The molecule has 1 atom stereocenters. The average molecular weight is 243 g/mol. The number of nitrogens with one attached hydrogen (secondary N) is 1. The van der Waals surface area contributed by atoms with Gasteiger partial charge >= 0.3 is 0 Å². The molecule has 16 heavy (non-hydrogen) atoms. The monoisotopic (exact) mass is 242 g/mol. The van der Waals surface area contributed by atoms with E-state index in [9.17, 15) is 5.11 Å². The highest BCUT2D eigenvalue weighted by atomic mass is 35.5. The maximum atomic E-state index is 9.38. The van der Waals surface area contributed by atoms with E-state index in [1.54, 1.807) is 0 Å². The van der Waals surface area contributed by atoms with Gasteiger partial charge in [0.15, 0.2) is 0 Å². The number of hydrogen-bond acceptors (Lipinski definition) is 3. The summed E-state index contributed by atoms with van der Waals surface area (Å²) in [7, 11) is 4.00. The first-order valence-corrected chi connectivity index (χ1v) is 5.84. The van der Waals surface area contributed by atoms with Gasteiger partial charge in [0.05, 0.1) is 12.0 Å². The molecule has 1 unspecified atom stereocenters. The topological polar surface area (TPSA) is 35.5 Å². The summed E-state index contributed by atoms with van der Waals surface area (Å²) in [5, 5.41) is 12.6. The van der Waals surface area contributed by atoms with Gasteiger partial charge in [0.1, 0.15) is 0 Å². The maximum Gasteiger partial charge on any atom is 0.0847 e. The molecule has 1 aromatic rings. The van der Waals surface area contributed by atoms with Gasteiger partial charge in [0.25, 0.3) is 0 Å². The number of benzene rings is 1. The number of nitrogens with zero attached hydrogens (tertiary/aromatic N) is 1. The fourth-order valence-electron chi connectivity index (χ4n) is 1.36. The number of alkyl halides is 1. The van der Waals surface area contributed by atoms with E-state index in [4.69, 9.17) is 11.6 Å².